The third-order valence-electron chi connectivity index (χ3n) is 4.23. The van der Waals surface area contributed by atoms with Crippen LogP contribution in [0.1, 0.15) is 11.3 Å². The van der Waals surface area contributed by atoms with Crippen LogP contribution in [-0.2, 0) is 0 Å². The second-order valence-corrected chi connectivity index (χ2v) is 7.57. The minimum absolute atomic E-state index is 0.173. The molecular formula is C19H14BrClN6O2. The summed E-state index contributed by atoms with van der Waals surface area (Å²) >= 11 is 9.22. The molecule has 29 heavy (non-hydrogen) atoms. The second-order valence-electron chi connectivity index (χ2n) is 6.21. The first-order chi connectivity index (χ1) is 13.9. The van der Waals surface area contributed by atoms with Crippen LogP contribution in [0.5, 0.6) is 0 Å². The number of hydrogen-bond donors (Lipinski definition) is 3. The van der Waals surface area contributed by atoms with Crippen molar-refractivity contribution in [1.82, 2.24) is 19.7 Å². The monoisotopic (exact) mass is 472 g/mol. The first-order valence-corrected chi connectivity index (χ1v) is 9.66. The third kappa shape index (κ3) is 3.87. The van der Waals surface area contributed by atoms with Crippen molar-refractivity contribution in [3.05, 3.63) is 83.9 Å². The lowest BCUT2D eigenvalue weighted by molar-refractivity contribution is 0.835. The molecule has 0 aliphatic carbocycles. The summed E-state index contributed by atoms with van der Waals surface area (Å²) in [5.74, 6) is 0.173. The predicted octanol–water partition coefficient (Wildman–Crippen LogP) is 3.57. The Balaban J connectivity index is 1.61. The lowest BCUT2D eigenvalue weighted by Crippen LogP contribution is -2.17. The first kappa shape index (κ1) is 19.2. The molecule has 8 nitrogen and oxygen atoms in total. The molecule has 2 aromatic carbocycles. The van der Waals surface area contributed by atoms with Crippen molar-refractivity contribution in [2.75, 3.05) is 5.43 Å². The molecular weight excluding hydrogens is 460 g/mol. The summed E-state index contributed by atoms with van der Waals surface area (Å²) in [5.41, 5.74) is 4.30. The van der Waals surface area contributed by atoms with Crippen molar-refractivity contribution in [2.24, 2.45) is 5.10 Å². The Kier molecular flexibility index (Phi) is 5.08. The number of aromatic amines is 2. The molecule has 0 radical (unpaired) electrons. The van der Waals surface area contributed by atoms with Gasteiger partial charge in [-0.2, -0.15) is 5.10 Å². The van der Waals surface area contributed by atoms with Crippen LogP contribution in [0.25, 0.3) is 16.6 Å². The molecule has 0 unspecified atom stereocenters. The van der Waals surface area contributed by atoms with E-state index in [1.807, 2.05) is 0 Å². The van der Waals surface area contributed by atoms with Gasteiger partial charge in [-0.3, -0.25) is 19.7 Å². The number of anilines is 1. The largest absolute Gasteiger partial charge is 0.295 e. The molecule has 0 saturated heterocycles. The molecule has 0 spiro atoms. The normalized spacial score (nSPS) is 11.4. The van der Waals surface area contributed by atoms with Crippen LogP contribution >= 0.6 is 27.5 Å². The number of hydrazone groups is 1. The van der Waals surface area contributed by atoms with Gasteiger partial charge in [-0.25, -0.2) is 15.1 Å². The molecule has 0 aliphatic heterocycles. The summed E-state index contributed by atoms with van der Waals surface area (Å²) in [6.07, 6.45) is 1.38. The Morgan fingerprint density at radius 3 is 2.72 bits per heavy atom. The Bertz CT molecular complexity index is 1350. The molecule has 3 N–H and O–H groups in total. The van der Waals surface area contributed by atoms with Crippen molar-refractivity contribution >= 4 is 50.6 Å². The van der Waals surface area contributed by atoms with Crippen molar-refractivity contribution in [3.8, 4) is 5.69 Å². The van der Waals surface area contributed by atoms with Crippen LogP contribution in [0.15, 0.2) is 61.6 Å². The summed E-state index contributed by atoms with van der Waals surface area (Å²) < 4.78 is 2.19. The highest BCUT2D eigenvalue weighted by molar-refractivity contribution is 9.10. The van der Waals surface area contributed by atoms with Crippen molar-refractivity contribution in [2.45, 2.75) is 6.92 Å². The van der Waals surface area contributed by atoms with Crippen LogP contribution in [0.2, 0.25) is 5.02 Å². The molecule has 0 fully saturated rings. The van der Waals surface area contributed by atoms with E-state index in [4.69, 9.17) is 11.6 Å². The number of hydrogen-bond acceptors (Lipinski definition) is 5. The number of benzene rings is 2. The van der Waals surface area contributed by atoms with Gasteiger partial charge in [-0.15, -0.1) is 0 Å². The van der Waals surface area contributed by atoms with E-state index in [1.54, 1.807) is 49.4 Å². The summed E-state index contributed by atoms with van der Waals surface area (Å²) in [6.45, 7) is 1.77. The van der Waals surface area contributed by atoms with Gasteiger partial charge in [0.15, 0.2) is 0 Å². The smallest absolute Gasteiger partial charge is 0.280 e. The Labute approximate surface area is 177 Å². The highest BCUT2D eigenvalue weighted by Crippen LogP contribution is 2.16. The minimum atomic E-state index is -0.295. The standard InChI is InChI=1S/C19H14BrClN6O2/c1-10-15(18(29)27(26-10)13-5-3-12(21)4-6-13)9-22-25-19-23-16-7-2-11(20)8-14(16)17(28)24-19/h2-9,26H,1H3,(H2,23,24,25,28)/b22-9+. The molecule has 0 amide bonds. The average molecular weight is 474 g/mol. The number of halogens is 2. The number of nitrogens with one attached hydrogen (secondary N) is 3. The van der Waals surface area contributed by atoms with Gasteiger partial charge in [-0.1, -0.05) is 27.5 Å². The highest BCUT2D eigenvalue weighted by atomic mass is 79.9. The fraction of sp³-hybridized carbons (Fsp3) is 0.0526. The number of rotatable bonds is 4. The maximum atomic E-state index is 12.7. The highest BCUT2D eigenvalue weighted by Gasteiger charge is 2.11. The molecule has 0 saturated carbocycles. The van der Waals surface area contributed by atoms with Crippen molar-refractivity contribution < 1.29 is 0 Å². The number of aryl methyl sites for hydroxylation is 1. The van der Waals surface area contributed by atoms with E-state index in [0.717, 1.165) is 4.47 Å². The average Bonchev–Trinajstić information content (AvgIpc) is 2.97. The maximum Gasteiger partial charge on any atom is 0.280 e. The zero-order valence-electron chi connectivity index (χ0n) is 15.0. The van der Waals surface area contributed by atoms with E-state index in [-0.39, 0.29) is 17.1 Å². The molecule has 0 bridgehead atoms. The van der Waals surface area contributed by atoms with Gasteiger partial charge in [-0.05, 0) is 49.4 Å². The summed E-state index contributed by atoms with van der Waals surface area (Å²) in [5, 5.41) is 8.09. The Morgan fingerprint density at radius 2 is 1.97 bits per heavy atom. The lowest BCUT2D eigenvalue weighted by atomic mass is 10.2. The summed E-state index contributed by atoms with van der Waals surface area (Å²) in [6, 6.07) is 12.1. The lowest BCUT2D eigenvalue weighted by Gasteiger charge is -2.02. The molecule has 2 heterocycles. The van der Waals surface area contributed by atoms with E-state index in [9.17, 15) is 9.59 Å². The van der Waals surface area contributed by atoms with Gasteiger partial charge in [0.25, 0.3) is 11.1 Å². The molecule has 2 aromatic heterocycles. The molecule has 0 atom stereocenters. The number of fused-ring (bicyclic) bond motifs is 1. The van der Waals surface area contributed by atoms with Crippen LogP contribution < -0.4 is 16.5 Å². The van der Waals surface area contributed by atoms with E-state index >= 15 is 0 Å². The van der Waals surface area contributed by atoms with Gasteiger partial charge in [0.1, 0.15) is 0 Å². The van der Waals surface area contributed by atoms with Crippen LogP contribution in [0.3, 0.4) is 0 Å². The number of nitrogens with zero attached hydrogens (tertiary/aromatic N) is 3. The summed E-state index contributed by atoms with van der Waals surface area (Å²) in [4.78, 5) is 31.8. The predicted molar refractivity (Wildman–Crippen MR) is 117 cm³/mol. The SMILES string of the molecule is Cc1[nH]n(-c2ccc(Cl)cc2)c(=O)c1/C=N/Nc1nc2ccc(Br)cc2c(=O)[nH]1. The van der Waals surface area contributed by atoms with Crippen LogP contribution in [0.4, 0.5) is 5.95 Å². The fourth-order valence-corrected chi connectivity index (χ4v) is 3.29. The van der Waals surface area contributed by atoms with Crippen LogP contribution in [-0.4, -0.2) is 26.0 Å². The van der Waals surface area contributed by atoms with Crippen LogP contribution in [0, 0.1) is 6.92 Å². The van der Waals surface area contributed by atoms with E-state index in [1.165, 1.54) is 10.9 Å². The molecule has 4 rings (SSSR count). The van der Waals surface area contributed by atoms with E-state index in [2.05, 4.69) is 41.5 Å². The molecule has 10 heteroatoms. The van der Waals surface area contributed by atoms with Gasteiger partial charge >= 0.3 is 0 Å². The summed E-state index contributed by atoms with van der Waals surface area (Å²) in [7, 11) is 0. The zero-order valence-corrected chi connectivity index (χ0v) is 17.4. The molecule has 4 aromatic rings. The second kappa shape index (κ2) is 7.69. The topological polar surface area (TPSA) is 108 Å². The molecule has 0 aliphatic rings. The zero-order chi connectivity index (χ0) is 20.5. The Hall–Kier alpha value is -3.17. The van der Waals surface area contributed by atoms with Crippen molar-refractivity contribution in [3.63, 3.8) is 0 Å². The molecule has 146 valence electrons. The maximum absolute atomic E-state index is 12.7. The number of H-pyrrole nitrogens is 2. The first-order valence-electron chi connectivity index (χ1n) is 8.48. The fourth-order valence-electron chi connectivity index (χ4n) is 2.81. The van der Waals surface area contributed by atoms with E-state index in [0.29, 0.717) is 32.9 Å². The quantitative estimate of drug-likeness (QED) is 0.311. The number of aromatic nitrogens is 4. The third-order valence-corrected chi connectivity index (χ3v) is 4.98. The van der Waals surface area contributed by atoms with Gasteiger partial charge in [0.2, 0.25) is 5.95 Å². The Morgan fingerprint density at radius 1 is 1.21 bits per heavy atom. The van der Waals surface area contributed by atoms with Crippen molar-refractivity contribution in [1.29, 1.82) is 0 Å². The van der Waals surface area contributed by atoms with Gasteiger partial charge < -0.3 is 0 Å². The van der Waals surface area contributed by atoms with E-state index < -0.39 is 0 Å². The minimum Gasteiger partial charge on any atom is -0.295 e. The van der Waals surface area contributed by atoms with Gasteiger partial charge in [0.05, 0.1) is 28.4 Å². The van der Waals surface area contributed by atoms with Gasteiger partial charge in [0, 0.05) is 15.2 Å².